The van der Waals surface area contributed by atoms with Crippen LogP contribution in [0.3, 0.4) is 0 Å². The van der Waals surface area contributed by atoms with Gasteiger partial charge < -0.3 is 10.6 Å². The maximum atomic E-state index is 12.1. The highest BCUT2D eigenvalue weighted by Gasteiger charge is 2.24. The summed E-state index contributed by atoms with van der Waals surface area (Å²) in [5.41, 5.74) is 0.945. The van der Waals surface area contributed by atoms with Crippen LogP contribution in [0.4, 0.5) is 0 Å². The summed E-state index contributed by atoms with van der Waals surface area (Å²) in [4.78, 5) is 4.19. The second-order valence-corrected chi connectivity index (χ2v) is 9.20. The molecule has 2 atom stereocenters. The molecule has 26 heavy (non-hydrogen) atoms. The highest BCUT2D eigenvalue weighted by Crippen LogP contribution is 2.27. The number of nitrogens with zero attached hydrogens (tertiary/aromatic N) is 1. The lowest BCUT2D eigenvalue weighted by molar-refractivity contribution is 0.578. The quantitative estimate of drug-likeness (QED) is 0.283. The molecular formula is C17H29IN4O2S2. The SMILES string of the molecule is CN=C(NCCS(=O)(=O)NCc1ccccc1)NC1CCC(SC)C1.I. The molecule has 1 saturated carbocycles. The lowest BCUT2D eigenvalue weighted by Crippen LogP contribution is -2.44. The van der Waals surface area contributed by atoms with Crippen LogP contribution in [-0.2, 0) is 16.6 Å². The molecule has 2 rings (SSSR count). The predicted octanol–water partition coefficient (Wildman–Crippen LogP) is 2.17. The predicted molar refractivity (Wildman–Crippen MR) is 122 cm³/mol. The molecule has 1 aromatic carbocycles. The number of aliphatic imine (C=N–C) groups is 1. The Morgan fingerprint density at radius 2 is 2.00 bits per heavy atom. The number of hydrogen-bond donors (Lipinski definition) is 3. The van der Waals surface area contributed by atoms with E-state index in [1.165, 1.54) is 6.42 Å². The lowest BCUT2D eigenvalue weighted by atomic mass is 10.2. The van der Waals surface area contributed by atoms with E-state index in [1.54, 1.807) is 7.05 Å². The molecule has 0 aliphatic heterocycles. The zero-order valence-electron chi connectivity index (χ0n) is 15.3. The number of halogens is 1. The van der Waals surface area contributed by atoms with Crippen LogP contribution >= 0.6 is 35.7 Å². The van der Waals surface area contributed by atoms with Gasteiger partial charge in [-0.25, -0.2) is 13.1 Å². The number of benzene rings is 1. The van der Waals surface area contributed by atoms with Crippen molar-refractivity contribution >= 4 is 51.7 Å². The van der Waals surface area contributed by atoms with Gasteiger partial charge in [-0.3, -0.25) is 4.99 Å². The Morgan fingerprint density at radius 3 is 2.62 bits per heavy atom. The molecule has 0 spiro atoms. The van der Waals surface area contributed by atoms with Gasteiger partial charge in [0.25, 0.3) is 0 Å². The summed E-state index contributed by atoms with van der Waals surface area (Å²) in [5.74, 6) is 0.684. The molecule has 2 unspecified atom stereocenters. The monoisotopic (exact) mass is 512 g/mol. The van der Waals surface area contributed by atoms with Crippen LogP contribution in [-0.4, -0.2) is 51.3 Å². The molecule has 148 valence electrons. The number of guanidine groups is 1. The number of nitrogens with one attached hydrogen (secondary N) is 3. The molecule has 6 nitrogen and oxygen atoms in total. The molecule has 1 fully saturated rings. The van der Waals surface area contributed by atoms with Crippen LogP contribution in [0.5, 0.6) is 0 Å². The third-order valence-corrected chi connectivity index (χ3v) is 6.71. The number of sulfonamides is 1. The van der Waals surface area contributed by atoms with Crippen LogP contribution in [0, 0.1) is 0 Å². The van der Waals surface area contributed by atoms with Gasteiger partial charge in [0.1, 0.15) is 0 Å². The van der Waals surface area contributed by atoms with Crippen molar-refractivity contribution in [2.24, 2.45) is 4.99 Å². The van der Waals surface area contributed by atoms with Crippen molar-refractivity contribution in [3.8, 4) is 0 Å². The van der Waals surface area contributed by atoms with Gasteiger partial charge in [0.05, 0.1) is 5.75 Å². The van der Waals surface area contributed by atoms with E-state index in [2.05, 4.69) is 26.6 Å². The third-order valence-electron chi connectivity index (χ3n) is 4.28. The Bertz CT molecular complexity index is 656. The van der Waals surface area contributed by atoms with E-state index in [0.29, 0.717) is 30.3 Å². The molecule has 1 aromatic rings. The van der Waals surface area contributed by atoms with Crippen molar-refractivity contribution < 1.29 is 8.42 Å². The summed E-state index contributed by atoms with van der Waals surface area (Å²) < 4.78 is 26.8. The first-order valence-corrected chi connectivity index (χ1v) is 11.5. The topological polar surface area (TPSA) is 82.6 Å². The maximum Gasteiger partial charge on any atom is 0.213 e. The van der Waals surface area contributed by atoms with Gasteiger partial charge in [0, 0.05) is 31.4 Å². The van der Waals surface area contributed by atoms with Crippen LogP contribution in [0.25, 0.3) is 0 Å². The fraction of sp³-hybridized carbons (Fsp3) is 0.588. The first-order valence-electron chi connectivity index (χ1n) is 8.53. The second-order valence-electron chi connectivity index (χ2n) is 6.14. The summed E-state index contributed by atoms with van der Waals surface area (Å²) in [6.07, 6.45) is 5.61. The zero-order chi connectivity index (χ0) is 18.1. The Kier molecular flexibility index (Phi) is 10.9. The minimum atomic E-state index is -3.32. The third kappa shape index (κ3) is 8.45. The summed E-state index contributed by atoms with van der Waals surface area (Å²) >= 11 is 1.91. The van der Waals surface area contributed by atoms with E-state index in [1.807, 2.05) is 42.1 Å². The molecular weight excluding hydrogens is 483 g/mol. The highest BCUT2D eigenvalue weighted by molar-refractivity contribution is 14.0. The molecule has 0 radical (unpaired) electrons. The lowest BCUT2D eigenvalue weighted by Gasteiger charge is -2.17. The Labute approximate surface area is 178 Å². The number of hydrogen-bond acceptors (Lipinski definition) is 4. The van der Waals surface area contributed by atoms with E-state index in [0.717, 1.165) is 18.4 Å². The molecule has 0 bridgehead atoms. The summed E-state index contributed by atoms with van der Waals surface area (Å²) in [7, 11) is -1.62. The van der Waals surface area contributed by atoms with E-state index >= 15 is 0 Å². The minimum Gasteiger partial charge on any atom is -0.355 e. The standard InChI is InChI=1S/C17H28N4O2S2.HI/c1-18-17(21-15-8-9-16(12-15)24-2)19-10-11-25(22,23)20-13-14-6-4-3-5-7-14;/h3-7,15-16,20H,8-13H2,1-2H3,(H2,18,19,21);1H. The van der Waals surface area contributed by atoms with E-state index < -0.39 is 10.0 Å². The molecule has 1 aliphatic rings. The normalized spacial score (nSPS) is 20.5. The molecule has 0 saturated heterocycles. The van der Waals surface area contributed by atoms with E-state index in [-0.39, 0.29) is 29.7 Å². The fourth-order valence-corrected chi connectivity index (χ4v) is 4.54. The maximum absolute atomic E-state index is 12.1. The molecule has 1 aliphatic carbocycles. The van der Waals surface area contributed by atoms with Crippen LogP contribution in [0.15, 0.2) is 35.3 Å². The molecule has 0 heterocycles. The average Bonchev–Trinajstić information content (AvgIpc) is 3.07. The number of rotatable bonds is 8. The van der Waals surface area contributed by atoms with Gasteiger partial charge in [0.15, 0.2) is 5.96 Å². The van der Waals surface area contributed by atoms with E-state index in [4.69, 9.17) is 0 Å². The van der Waals surface area contributed by atoms with Gasteiger partial charge in [-0.2, -0.15) is 11.8 Å². The zero-order valence-corrected chi connectivity index (χ0v) is 19.2. The van der Waals surface area contributed by atoms with Crippen LogP contribution in [0.1, 0.15) is 24.8 Å². The Balaban J connectivity index is 0.00000338. The molecule has 0 amide bonds. The minimum absolute atomic E-state index is 0. The van der Waals surface area contributed by atoms with Crippen molar-refractivity contribution in [1.82, 2.24) is 15.4 Å². The van der Waals surface area contributed by atoms with Crippen molar-refractivity contribution in [2.45, 2.75) is 37.1 Å². The Hall–Kier alpha value is -0.520. The first-order chi connectivity index (χ1) is 12.0. The van der Waals surface area contributed by atoms with Crippen molar-refractivity contribution in [3.05, 3.63) is 35.9 Å². The first kappa shape index (κ1) is 23.5. The van der Waals surface area contributed by atoms with Crippen LogP contribution < -0.4 is 15.4 Å². The van der Waals surface area contributed by atoms with Crippen molar-refractivity contribution in [1.29, 1.82) is 0 Å². The smallest absolute Gasteiger partial charge is 0.213 e. The summed E-state index contributed by atoms with van der Waals surface area (Å²) in [6, 6.07) is 9.91. The van der Waals surface area contributed by atoms with Crippen molar-refractivity contribution in [2.75, 3.05) is 25.6 Å². The average molecular weight is 512 g/mol. The highest BCUT2D eigenvalue weighted by atomic mass is 127. The summed E-state index contributed by atoms with van der Waals surface area (Å²) in [6.45, 7) is 0.636. The summed E-state index contributed by atoms with van der Waals surface area (Å²) in [5, 5.41) is 7.19. The Morgan fingerprint density at radius 1 is 1.27 bits per heavy atom. The fourth-order valence-electron chi connectivity index (χ4n) is 2.84. The largest absolute Gasteiger partial charge is 0.355 e. The van der Waals surface area contributed by atoms with Gasteiger partial charge in [-0.1, -0.05) is 30.3 Å². The second kappa shape index (κ2) is 12.0. The van der Waals surface area contributed by atoms with Gasteiger partial charge in [-0.15, -0.1) is 24.0 Å². The molecule has 9 heteroatoms. The van der Waals surface area contributed by atoms with Gasteiger partial charge >= 0.3 is 0 Å². The molecule has 0 aromatic heterocycles. The number of thioether (sulfide) groups is 1. The van der Waals surface area contributed by atoms with E-state index in [9.17, 15) is 8.42 Å². The van der Waals surface area contributed by atoms with Crippen molar-refractivity contribution in [3.63, 3.8) is 0 Å². The van der Waals surface area contributed by atoms with Gasteiger partial charge in [0.2, 0.25) is 10.0 Å². The van der Waals surface area contributed by atoms with Gasteiger partial charge in [-0.05, 0) is 31.1 Å². The molecule has 3 N–H and O–H groups in total. The van der Waals surface area contributed by atoms with Crippen LogP contribution in [0.2, 0.25) is 0 Å².